The number of aromatic nitrogens is 2. The van der Waals surface area contributed by atoms with Crippen molar-refractivity contribution < 1.29 is 24.6 Å². The third-order valence-electron chi connectivity index (χ3n) is 1.84. The number of carbonyl (C=O) groups excluding carboxylic acids is 1. The summed E-state index contributed by atoms with van der Waals surface area (Å²) in [5, 5.41) is 22.9. The Morgan fingerprint density at radius 2 is 2.06 bits per heavy atom. The van der Waals surface area contributed by atoms with Crippen molar-refractivity contribution in [3.05, 3.63) is 10.6 Å². The fourth-order valence-electron chi connectivity index (χ4n) is 1.04. The summed E-state index contributed by atoms with van der Waals surface area (Å²) in [6, 6.07) is -1.47. The summed E-state index contributed by atoms with van der Waals surface area (Å²) >= 11 is 0.817. The Kier molecular flexibility index (Phi) is 4.10. The number of amides is 1. The largest absolute Gasteiger partial charge is 0.481 e. The number of nitrogens with one attached hydrogen (secondary N) is 1. The maximum Gasteiger partial charge on any atom is 0.326 e. The zero-order valence-electron chi connectivity index (χ0n) is 8.71. The molecule has 0 radical (unpaired) electrons. The molecule has 0 aliphatic carbocycles. The third-order valence-corrected chi connectivity index (χ3v) is 2.67. The molecule has 1 heterocycles. The van der Waals surface area contributed by atoms with Crippen LogP contribution in [0.1, 0.15) is 21.8 Å². The van der Waals surface area contributed by atoms with Gasteiger partial charge < -0.3 is 15.5 Å². The van der Waals surface area contributed by atoms with E-state index in [0.717, 1.165) is 11.5 Å². The van der Waals surface area contributed by atoms with Crippen molar-refractivity contribution in [1.29, 1.82) is 0 Å². The van der Waals surface area contributed by atoms with Crippen LogP contribution >= 0.6 is 11.5 Å². The lowest BCUT2D eigenvalue weighted by Crippen LogP contribution is -2.42. The fourth-order valence-corrected chi connectivity index (χ4v) is 1.60. The number of hydrogen-bond donors (Lipinski definition) is 3. The second-order valence-corrected chi connectivity index (χ2v) is 3.90. The highest BCUT2D eigenvalue weighted by Gasteiger charge is 2.25. The quantitative estimate of drug-likeness (QED) is 0.650. The van der Waals surface area contributed by atoms with Crippen molar-refractivity contribution in [2.24, 2.45) is 0 Å². The van der Waals surface area contributed by atoms with Crippen molar-refractivity contribution in [1.82, 2.24) is 14.9 Å². The first kappa shape index (κ1) is 13.0. The van der Waals surface area contributed by atoms with Gasteiger partial charge in [-0.25, -0.2) is 4.79 Å². The number of rotatable bonds is 5. The molecular weight excluding hydrogens is 250 g/mol. The Balaban J connectivity index is 2.74. The topological polar surface area (TPSA) is 129 Å². The molecule has 8 nitrogen and oxygen atoms in total. The molecule has 3 N–H and O–H groups in total. The van der Waals surface area contributed by atoms with Crippen LogP contribution < -0.4 is 5.32 Å². The molecular formula is C8H9N3O5S. The molecule has 0 bridgehead atoms. The number of carbonyl (C=O) groups is 3. The summed E-state index contributed by atoms with van der Waals surface area (Å²) in [5.41, 5.74) is 0.368. The van der Waals surface area contributed by atoms with Crippen LogP contribution in [0.25, 0.3) is 0 Å². The smallest absolute Gasteiger partial charge is 0.326 e. The second-order valence-electron chi connectivity index (χ2n) is 3.15. The van der Waals surface area contributed by atoms with E-state index in [0.29, 0.717) is 5.69 Å². The van der Waals surface area contributed by atoms with Gasteiger partial charge in [-0.2, -0.15) is 0 Å². The summed E-state index contributed by atoms with van der Waals surface area (Å²) in [6.07, 6.45) is -0.688. The average Bonchev–Trinajstić information content (AvgIpc) is 2.62. The summed E-state index contributed by atoms with van der Waals surface area (Å²) in [5.74, 6) is -3.40. The van der Waals surface area contributed by atoms with E-state index >= 15 is 0 Å². The Labute approximate surface area is 99.4 Å². The highest BCUT2D eigenvalue weighted by Crippen LogP contribution is 2.09. The van der Waals surface area contributed by atoms with E-state index in [2.05, 4.69) is 14.9 Å². The van der Waals surface area contributed by atoms with Crippen LogP contribution in [0.2, 0.25) is 0 Å². The molecule has 1 atom stereocenters. The molecule has 0 aliphatic heterocycles. The minimum absolute atomic E-state index is 0.168. The van der Waals surface area contributed by atoms with Gasteiger partial charge in [-0.05, 0) is 18.5 Å². The third kappa shape index (κ3) is 3.48. The summed E-state index contributed by atoms with van der Waals surface area (Å²) in [7, 11) is 0. The number of aryl methyl sites for hydroxylation is 1. The van der Waals surface area contributed by atoms with Crippen LogP contribution in [0.4, 0.5) is 0 Å². The van der Waals surface area contributed by atoms with Gasteiger partial charge in [0, 0.05) is 0 Å². The number of carboxylic acids is 2. The minimum Gasteiger partial charge on any atom is -0.481 e. The van der Waals surface area contributed by atoms with Crippen molar-refractivity contribution >= 4 is 29.4 Å². The van der Waals surface area contributed by atoms with E-state index in [1.807, 2.05) is 0 Å². The lowest BCUT2D eigenvalue weighted by atomic mass is 10.2. The van der Waals surface area contributed by atoms with E-state index in [4.69, 9.17) is 10.2 Å². The molecule has 0 spiro atoms. The molecule has 1 aromatic heterocycles. The molecule has 0 saturated heterocycles. The Morgan fingerprint density at radius 1 is 1.41 bits per heavy atom. The predicted molar refractivity (Wildman–Crippen MR) is 55.8 cm³/mol. The van der Waals surface area contributed by atoms with E-state index in [1.165, 1.54) is 0 Å². The zero-order chi connectivity index (χ0) is 13.0. The van der Waals surface area contributed by atoms with Crippen molar-refractivity contribution in [2.45, 2.75) is 19.4 Å². The van der Waals surface area contributed by atoms with Gasteiger partial charge in [0.1, 0.15) is 10.9 Å². The Bertz CT molecular complexity index is 458. The number of nitrogens with zero attached hydrogens (tertiary/aromatic N) is 2. The molecule has 0 fully saturated rings. The first-order valence-corrected chi connectivity index (χ1v) is 5.23. The van der Waals surface area contributed by atoms with Crippen LogP contribution in [0.5, 0.6) is 0 Å². The fraction of sp³-hybridized carbons (Fsp3) is 0.375. The zero-order valence-corrected chi connectivity index (χ0v) is 9.52. The monoisotopic (exact) mass is 259 g/mol. The standard InChI is InChI=1S/C8H9N3O5S/c1-3-6(17-11-10-3)7(14)9-4(8(15)16)2-5(12)13/h4H,2H2,1H3,(H,9,14)(H,12,13)(H,15,16)/t4-/m1/s1. The van der Waals surface area contributed by atoms with Gasteiger partial charge in [0.15, 0.2) is 0 Å². The normalized spacial score (nSPS) is 11.8. The average molecular weight is 259 g/mol. The van der Waals surface area contributed by atoms with E-state index in [-0.39, 0.29) is 4.88 Å². The summed E-state index contributed by atoms with van der Waals surface area (Å²) in [6.45, 7) is 1.55. The summed E-state index contributed by atoms with van der Waals surface area (Å²) < 4.78 is 3.52. The van der Waals surface area contributed by atoms with Gasteiger partial charge in [-0.3, -0.25) is 9.59 Å². The van der Waals surface area contributed by atoms with Gasteiger partial charge in [-0.1, -0.05) is 4.49 Å². The number of carboxylic acid groups (broad SMARTS) is 2. The van der Waals surface area contributed by atoms with Crippen LogP contribution in [0, 0.1) is 6.92 Å². The Morgan fingerprint density at radius 3 is 2.47 bits per heavy atom. The molecule has 1 amide bonds. The molecule has 0 aliphatic rings. The predicted octanol–water partition coefficient (Wildman–Crippen LogP) is -0.496. The van der Waals surface area contributed by atoms with Crippen LogP contribution in [0.3, 0.4) is 0 Å². The van der Waals surface area contributed by atoms with E-state index in [1.54, 1.807) is 6.92 Å². The highest BCUT2D eigenvalue weighted by molar-refractivity contribution is 7.08. The van der Waals surface area contributed by atoms with Crippen LogP contribution in [0.15, 0.2) is 0 Å². The molecule has 1 rings (SSSR count). The van der Waals surface area contributed by atoms with Crippen molar-refractivity contribution in [2.75, 3.05) is 0 Å². The molecule has 1 aromatic rings. The lowest BCUT2D eigenvalue weighted by molar-refractivity contribution is -0.145. The maximum absolute atomic E-state index is 11.6. The van der Waals surface area contributed by atoms with Gasteiger partial charge >= 0.3 is 11.9 Å². The molecule has 9 heteroatoms. The molecule has 0 saturated carbocycles. The number of hydrogen-bond acceptors (Lipinski definition) is 6. The lowest BCUT2D eigenvalue weighted by Gasteiger charge is -2.11. The van der Waals surface area contributed by atoms with Gasteiger partial charge in [0.25, 0.3) is 5.91 Å². The van der Waals surface area contributed by atoms with E-state index < -0.39 is 30.3 Å². The van der Waals surface area contributed by atoms with Gasteiger partial charge in [0.05, 0.1) is 12.1 Å². The van der Waals surface area contributed by atoms with Crippen LogP contribution in [-0.2, 0) is 9.59 Å². The first-order valence-electron chi connectivity index (χ1n) is 4.46. The van der Waals surface area contributed by atoms with Gasteiger partial charge in [0.2, 0.25) is 0 Å². The van der Waals surface area contributed by atoms with Crippen molar-refractivity contribution in [3.63, 3.8) is 0 Å². The molecule has 17 heavy (non-hydrogen) atoms. The first-order chi connectivity index (χ1) is 7.91. The van der Waals surface area contributed by atoms with Crippen molar-refractivity contribution in [3.8, 4) is 0 Å². The van der Waals surface area contributed by atoms with Gasteiger partial charge in [-0.15, -0.1) is 5.10 Å². The highest BCUT2D eigenvalue weighted by atomic mass is 32.1. The van der Waals surface area contributed by atoms with Crippen LogP contribution in [-0.4, -0.2) is 43.7 Å². The molecule has 0 unspecified atom stereocenters. The molecule has 0 aromatic carbocycles. The minimum atomic E-state index is -1.47. The summed E-state index contributed by atoms with van der Waals surface area (Å²) in [4.78, 5) is 32.9. The SMILES string of the molecule is Cc1nnsc1C(=O)N[C@H](CC(=O)O)C(=O)O. The molecule has 92 valence electrons. The Hall–Kier alpha value is -2.03. The maximum atomic E-state index is 11.6. The second kappa shape index (κ2) is 5.34. The number of aliphatic carboxylic acids is 2. The van der Waals surface area contributed by atoms with E-state index in [9.17, 15) is 14.4 Å².